The lowest BCUT2D eigenvalue weighted by molar-refractivity contribution is 1.13. The summed E-state index contributed by atoms with van der Waals surface area (Å²) in [6, 6.07) is 102. The molecule has 0 aliphatic heterocycles. The quantitative estimate of drug-likeness (QED) is 0.0940. The number of hydrogen-bond donors (Lipinski definition) is 0. The van der Waals surface area contributed by atoms with Crippen molar-refractivity contribution in [1.29, 1.82) is 5.26 Å². The molecule has 0 N–H and O–H groups in total. The van der Waals surface area contributed by atoms with Crippen LogP contribution < -0.4 is 0 Å². The highest BCUT2D eigenvalue weighted by Gasteiger charge is 2.26. The largest absolute Gasteiger partial charge is 0.262 e. The zero-order valence-corrected chi connectivity index (χ0v) is 62.6. The fourth-order valence-electron chi connectivity index (χ4n) is 18.0. The van der Waals surface area contributed by atoms with Gasteiger partial charge in [-0.1, -0.05) is 279 Å². The van der Waals surface area contributed by atoms with Crippen molar-refractivity contribution >= 4 is 212 Å². The van der Waals surface area contributed by atoms with Gasteiger partial charge in [-0.05, 0) is 137 Å². The van der Waals surface area contributed by atoms with E-state index in [0.717, 1.165) is 93.0 Å². The Morgan fingerprint density at radius 1 is 0.239 bits per heavy atom. The molecule has 0 aliphatic rings. The normalized spacial score (nSPS) is 11.4. The van der Waals surface area contributed by atoms with E-state index >= 15 is 0 Å². The Morgan fingerprint density at radius 3 is 1.03 bits per heavy atom. The van der Waals surface area contributed by atoms with E-state index < -0.39 is 0 Å². The van der Waals surface area contributed by atoms with E-state index in [4.69, 9.17) is 34.7 Å². The third-order valence-electron chi connectivity index (χ3n) is 23.0. The second kappa shape index (κ2) is 28.0. The Bertz CT molecular complexity index is 8410. The molecule has 0 saturated heterocycles. The Balaban J connectivity index is 0.0000000978. The molecule has 0 aliphatic carbocycles. The van der Waals surface area contributed by atoms with E-state index in [9.17, 15) is 5.26 Å². The molecule has 538 valence electrons. The van der Waals surface area contributed by atoms with Gasteiger partial charge in [0.15, 0.2) is 5.69 Å². The van der Waals surface area contributed by atoms with Gasteiger partial charge in [0.05, 0.1) is 75.8 Å². The van der Waals surface area contributed by atoms with Crippen LogP contribution >= 0.6 is 0 Å². The molecule has 117 heavy (non-hydrogen) atoms. The maximum Gasteiger partial charge on any atom is 0.202 e. The molecule has 0 unspecified atom stereocenters. The van der Waals surface area contributed by atoms with Crippen LogP contribution in [0.2, 0.25) is 0 Å². The van der Waals surface area contributed by atoms with Gasteiger partial charge in [0.1, 0.15) is 0 Å². The molecule has 24 rings (SSSR count). The van der Waals surface area contributed by atoms with E-state index in [-0.39, 0.29) is 22.6 Å². The summed E-state index contributed by atoms with van der Waals surface area (Å²) in [4.78, 5) is 47.9. The molecule has 12 nitrogen and oxygen atoms in total. The molecule has 0 radical (unpaired) electrons. The van der Waals surface area contributed by atoms with E-state index in [1.165, 1.54) is 113 Å². The number of aromatic nitrogens is 8. The van der Waals surface area contributed by atoms with Gasteiger partial charge >= 0.3 is 0 Å². The Morgan fingerprint density at radius 2 is 0.573 bits per heavy atom. The smallest absolute Gasteiger partial charge is 0.202 e. The van der Waals surface area contributed by atoms with Crippen LogP contribution in [0.5, 0.6) is 0 Å². The van der Waals surface area contributed by atoms with Gasteiger partial charge < -0.3 is 0 Å². The summed E-state index contributed by atoms with van der Waals surface area (Å²) in [5.41, 5.74) is 10.8. The predicted octanol–water partition coefficient (Wildman–Crippen LogP) is 27.8. The SMILES string of the molecule is Cc1nccnc1-c1c(-c2cccc3ccccc23)c2ccccc2c2ccccc12.[C-]#[N+]c1c([N+]#[C-])c([N+]#[C-])c2cc3c(cc2c1C#N)c1nccnc1c1ccc2ccccc2c31.c1ccc2c(c1)ccc1c3nccnc3c3c4ccccc4ccc3c21.c1ccc2c(c1)ccc1c3nccnc3c3ccc4ccccc4c3c21. The lowest BCUT2D eigenvalue weighted by Gasteiger charge is -2.19. The predicted molar refractivity (Wildman–Crippen MR) is 482 cm³/mol. The Kier molecular flexibility index (Phi) is 16.4. The first-order valence-electron chi connectivity index (χ1n) is 38.3. The molecule has 24 aromatic rings. The van der Waals surface area contributed by atoms with E-state index in [2.05, 4.69) is 288 Å². The monoisotopic (exact) mass is 1490 g/mol. The maximum atomic E-state index is 9.93. The lowest BCUT2D eigenvalue weighted by atomic mass is 9.84. The summed E-state index contributed by atoms with van der Waals surface area (Å²) < 4.78 is 0. The molecule has 4 aromatic heterocycles. The molecule has 0 amide bonds. The second-order valence-electron chi connectivity index (χ2n) is 29.0. The van der Waals surface area contributed by atoms with E-state index in [0.29, 0.717) is 16.3 Å². The summed E-state index contributed by atoms with van der Waals surface area (Å²) in [5, 5.41) is 43.6. The number of aryl methyl sites for hydroxylation is 1. The van der Waals surface area contributed by atoms with Gasteiger partial charge in [0.2, 0.25) is 11.4 Å². The summed E-state index contributed by atoms with van der Waals surface area (Å²) in [6.45, 7) is 25.0. The highest BCUT2D eigenvalue weighted by molar-refractivity contribution is 6.37. The number of nitriles is 1. The van der Waals surface area contributed by atoms with E-state index in [1.54, 1.807) is 49.6 Å². The Labute approximate surface area is 668 Å². The number of rotatable bonds is 2. The second-order valence-corrected chi connectivity index (χ2v) is 29.0. The van der Waals surface area contributed by atoms with Crippen LogP contribution in [-0.4, -0.2) is 39.9 Å². The number of benzene rings is 20. The van der Waals surface area contributed by atoms with Crippen molar-refractivity contribution < 1.29 is 0 Å². The lowest BCUT2D eigenvalue weighted by Crippen LogP contribution is -1.97. The molecule has 0 bridgehead atoms. The van der Waals surface area contributed by atoms with Gasteiger partial charge in [0.25, 0.3) is 0 Å². The minimum Gasteiger partial charge on any atom is -0.262 e. The molecule has 0 atom stereocenters. The first-order valence-corrected chi connectivity index (χ1v) is 38.3. The average Bonchev–Trinajstić information content (AvgIpc) is 0.730. The van der Waals surface area contributed by atoms with Gasteiger partial charge in [0, 0.05) is 104 Å². The van der Waals surface area contributed by atoms with Crippen molar-refractivity contribution in [2.45, 2.75) is 6.92 Å². The van der Waals surface area contributed by atoms with Crippen molar-refractivity contribution in [2.75, 3.05) is 0 Å². The zero-order chi connectivity index (χ0) is 78.4. The van der Waals surface area contributed by atoms with Gasteiger partial charge in [-0.3, -0.25) is 54.4 Å². The van der Waals surface area contributed by atoms with Crippen LogP contribution in [0.4, 0.5) is 17.1 Å². The zero-order valence-electron chi connectivity index (χ0n) is 62.6. The van der Waals surface area contributed by atoms with Crippen LogP contribution in [0.15, 0.2) is 335 Å². The number of hydrogen-bond acceptors (Lipinski definition) is 9. The first-order chi connectivity index (χ1) is 57.9. The highest BCUT2D eigenvalue weighted by atomic mass is 14.8. The molecule has 0 fully saturated rings. The third kappa shape index (κ3) is 10.9. The van der Waals surface area contributed by atoms with Crippen LogP contribution in [0.25, 0.3) is 232 Å². The standard InChI is InChI=1S/C29H20N2.C28H10N6.2C24H14N2/c1-19-29(31-18-17-30-19)28-26-15-7-5-13-23(26)22-12-4-6-14-25(22)27(28)24-16-8-10-20-9-2-3-11-21(20)24;1-30-24-20-13-19-21(12-18(20)22(14-29)25(31-2)28(24)32-3)27-26(33-10-11-34-27)17-9-8-15-6-4-5-7-16(15)23(17)19;1-3-7-17-15(5-1)10-12-20-21(17)19-11-9-16-6-2-4-8-18(16)22(19)24-23(20)25-13-14-26-24;1-3-7-17-15(5-1)9-11-19-21(17)22-18-8-4-2-6-16(18)10-12-20(22)24-23(19)25-13-14-26-24/h2-18H,1H3;4-13H;2*1-14H. The minimum atomic E-state index is -0.0861. The van der Waals surface area contributed by atoms with Gasteiger partial charge in [-0.15, -0.1) is 0 Å². The number of fused-ring (bicyclic) bond motifs is 33. The number of nitrogens with zero attached hydrogens (tertiary/aromatic N) is 12. The van der Waals surface area contributed by atoms with Crippen LogP contribution in [-0.2, 0) is 0 Å². The fraction of sp³-hybridized carbons (Fsp3) is 0.00952. The summed E-state index contributed by atoms with van der Waals surface area (Å²) >= 11 is 0. The van der Waals surface area contributed by atoms with Crippen molar-refractivity contribution in [2.24, 2.45) is 0 Å². The maximum absolute atomic E-state index is 9.93. The topological polar surface area (TPSA) is 140 Å². The van der Waals surface area contributed by atoms with Crippen LogP contribution in [0.3, 0.4) is 0 Å². The van der Waals surface area contributed by atoms with E-state index in [1.807, 2.05) is 49.4 Å². The fourth-order valence-corrected chi connectivity index (χ4v) is 18.0. The van der Waals surface area contributed by atoms with Crippen molar-refractivity contribution in [3.8, 4) is 28.5 Å². The molecule has 20 aromatic carbocycles. The van der Waals surface area contributed by atoms with Crippen molar-refractivity contribution in [3.05, 3.63) is 380 Å². The molecule has 4 heterocycles. The minimum absolute atomic E-state index is 0.0804. The highest BCUT2D eigenvalue weighted by Crippen LogP contribution is 2.52. The molecular weight excluding hydrogens is 1430 g/mol. The van der Waals surface area contributed by atoms with Crippen molar-refractivity contribution in [1.82, 2.24) is 39.9 Å². The third-order valence-corrected chi connectivity index (χ3v) is 23.0. The van der Waals surface area contributed by atoms with Gasteiger partial charge in [-0.25, -0.2) is 0 Å². The summed E-state index contributed by atoms with van der Waals surface area (Å²) in [5.74, 6) is 0. The first kappa shape index (κ1) is 68.4. The van der Waals surface area contributed by atoms with Crippen molar-refractivity contribution in [3.63, 3.8) is 0 Å². The molecule has 12 heteroatoms. The molecule has 0 saturated carbocycles. The molecule has 0 spiro atoms. The van der Waals surface area contributed by atoms with Gasteiger partial charge in [-0.2, -0.15) is 5.26 Å². The summed E-state index contributed by atoms with van der Waals surface area (Å²) in [6.07, 6.45) is 14.0. The molecular formula is C105H58N12. The Hall–Kier alpha value is -16.6. The van der Waals surface area contributed by atoms with Crippen LogP contribution in [0, 0.1) is 38.0 Å². The average molecular weight is 1490 g/mol. The van der Waals surface area contributed by atoms with Crippen LogP contribution in [0.1, 0.15) is 11.3 Å². The summed E-state index contributed by atoms with van der Waals surface area (Å²) in [7, 11) is 0.